The van der Waals surface area contributed by atoms with Crippen LogP contribution in [-0.2, 0) is 4.79 Å². The third kappa shape index (κ3) is 4.43. The molecule has 0 spiro atoms. The molecular weight excluding hydrogens is 300 g/mol. The molecule has 5 heteroatoms. The van der Waals surface area contributed by atoms with Gasteiger partial charge < -0.3 is 10.2 Å². The van der Waals surface area contributed by atoms with Gasteiger partial charge in [-0.05, 0) is 50.2 Å². The lowest BCUT2D eigenvalue weighted by atomic mass is 10.2. The van der Waals surface area contributed by atoms with E-state index in [9.17, 15) is 10.1 Å². The van der Waals surface area contributed by atoms with Crippen LogP contribution < -0.4 is 10.2 Å². The molecule has 0 aliphatic heterocycles. The van der Waals surface area contributed by atoms with Crippen LogP contribution in [0, 0.1) is 11.3 Å². The van der Waals surface area contributed by atoms with E-state index in [4.69, 9.17) is 0 Å². The second kappa shape index (κ2) is 8.49. The highest BCUT2D eigenvalue weighted by atomic mass is 16.1. The molecule has 2 aromatic rings. The molecule has 24 heavy (non-hydrogen) atoms. The first-order valence-electron chi connectivity index (χ1n) is 7.88. The number of carbonyl (C=O) groups excluding carboxylic acids is 1. The van der Waals surface area contributed by atoms with Crippen molar-refractivity contribution in [3.05, 3.63) is 54.6 Å². The number of carbonyl (C=O) groups is 1. The van der Waals surface area contributed by atoms with Gasteiger partial charge in [-0.2, -0.15) is 5.26 Å². The largest absolute Gasteiger partial charge is 0.372 e. The van der Waals surface area contributed by atoms with Gasteiger partial charge >= 0.3 is 0 Å². The Morgan fingerprint density at radius 2 is 1.71 bits per heavy atom. The average Bonchev–Trinajstić information content (AvgIpc) is 2.62. The first-order valence-corrected chi connectivity index (χ1v) is 7.88. The molecule has 0 aliphatic carbocycles. The lowest BCUT2D eigenvalue weighted by Gasteiger charge is -2.20. The van der Waals surface area contributed by atoms with Crippen molar-refractivity contribution in [2.75, 3.05) is 23.3 Å². The molecule has 5 nitrogen and oxygen atoms in total. The zero-order valence-corrected chi connectivity index (χ0v) is 13.9. The second-order valence-corrected chi connectivity index (χ2v) is 5.08. The zero-order valence-electron chi connectivity index (χ0n) is 13.9. The normalized spacial score (nSPS) is 10.8. The van der Waals surface area contributed by atoms with E-state index >= 15 is 0 Å². The Hall–Kier alpha value is -3.13. The third-order valence-corrected chi connectivity index (χ3v) is 3.57. The van der Waals surface area contributed by atoms with Crippen molar-refractivity contribution in [3.63, 3.8) is 0 Å². The van der Waals surface area contributed by atoms with Gasteiger partial charge in [0.15, 0.2) is 0 Å². The van der Waals surface area contributed by atoms with Crippen LogP contribution in [0.5, 0.6) is 0 Å². The maximum atomic E-state index is 12.1. The summed E-state index contributed by atoms with van der Waals surface area (Å²) in [5.41, 5.74) is 2.12. The van der Waals surface area contributed by atoms with Crippen molar-refractivity contribution in [2.45, 2.75) is 13.8 Å². The van der Waals surface area contributed by atoms with Crippen molar-refractivity contribution >= 4 is 28.7 Å². The fourth-order valence-electron chi connectivity index (χ4n) is 2.29. The van der Waals surface area contributed by atoms with Crippen molar-refractivity contribution in [1.82, 2.24) is 0 Å². The van der Waals surface area contributed by atoms with Crippen molar-refractivity contribution in [3.8, 4) is 6.07 Å². The van der Waals surface area contributed by atoms with Crippen molar-refractivity contribution in [1.29, 1.82) is 5.26 Å². The summed E-state index contributed by atoms with van der Waals surface area (Å²) in [7, 11) is 0. The number of nitriles is 1. The Morgan fingerprint density at radius 3 is 2.25 bits per heavy atom. The van der Waals surface area contributed by atoms with Gasteiger partial charge in [-0.25, -0.2) is 4.99 Å². The monoisotopic (exact) mass is 320 g/mol. The zero-order chi connectivity index (χ0) is 17.4. The lowest BCUT2D eigenvalue weighted by Crippen LogP contribution is -2.21. The summed E-state index contributed by atoms with van der Waals surface area (Å²) in [6, 6.07) is 18.3. The Morgan fingerprint density at radius 1 is 1.08 bits per heavy atom. The van der Waals surface area contributed by atoms with Crippen molar-refractivity contribution < 1.29 is 4.79 Å². The quantitative estimate of drug-likeness (QED) is 0.824. The number of nitrogens with zero attached hydrogens (tertiary/aromatic N) is 3. The van der Waals surface area contributed by atoms with Crippen LogP contribution in [0.15, 0.2) is 59.6 Å². The molecule has 122 valence electrons. The number of hydrogen-bond acceptors (Lipinski definition) is 4. The minimum Gasteiger partial charge on any atom is -0.372 e. The van der Waals surface area contributed by atoms with Gasteiger partial charge in [-0.1, -0.05) is 18.2 Å². The fourth-order valence-corrected chi connectivity index (χ4v) is 2.29. The van der Waals surface area contributed by atoms with Crippen LogP contribution >= 0.6 is 0 Å². The van der Waals surface area contributed by atoms with Crippen LogP contribution in [0.4, 0.5) is 17.1 Å². The lowest BCUT2D eigenvalue weighted by molar-refractivity contribution is -0.110. The van der Waals surface area contributed by atoms with E-state index in [0.29, 0.717) is 11.4 Å². The van der Waals surface area contributed by atoms with Crippen LogP contribution in [0.2, 0.25) is 0 Å². The molecule has 0 saturated heterocycles. The number of amides is 1. The van der Waals surface area contributed by atoms with E-state index in [1.165, 1.54) is 0 Å². The fraction of sp³-hybridized carbons (Fsp3) is 0.211. The Labute approximate surface area is 142 Å². The van der Waals surface area contributed by atoms with Crippen LogP contribution in [0.3, 0.4) is 0 Å². The first-order chi connectivity index (χ1) is 11.7. The molecule has 1 N–H and O–H groups in total. The Kier molecular flexibility index (Phi) is 6.09. The highest BCUT2D eigenvalue weighted by Crippen LogP contribution is 2.20. The molecule has 0 saturated carbocycles. The number of para-hydroxylation sites is 1. The molecule has 0 aliphatic rings. The summed E-state index contributed by atoms with van der Waals surface area (Å²) in [6.45, 7) is 6.03. The Bertz CT molecular complexity index is 741. The predicted octanol–water partition coefficient (Wildman–Crippen LogP) is 3.77. The van der Waals surface area contributed by atoms with E-state index < -0.39 is 5.91 Å². The highest BCUT2D eigenvalue weighted by Gasteiger charge is 2.11. The summed E-state index contributed by atoms with van der Waals surface area (Å²) in [4.78, 5) is 18.5. The highest BCUT2D eigenvalue weighted by molar-refractivity contribution is 6.49. The maximum Gasteiger partial charge on any atom is 0.285 e. The van der Waals surface area contributed by atoms with Gasteiger partial charge in [0.25, 0.3) is 5.91 Å². The molecule has 0 heterocycles. The molecule has 0 unspecified atom stereocenters. The minimum atomic E-state index is -0.517. The Balaban J connectivity index is 2.15. The molecule has 2 rings (SSSR count). The molecule has 0 aromatic heterocycles. The number of rotatable bonds is 6. The smallest absolute Gasteiger partial charge is 0.285 e. The average molecular weight is 320 g/mol. The third-order valence-electron chi connectivity index (χ3n) is 3.57. The van der Waals surface area contributed by atoms with Crippen LogP contribution in [0.25, 0.3) is 0 Å². The van der Waals surface area contributed by atoms with Crippen LogP contribution in [-0.4, -0.2) is 24.7 Å². The predicted molar refractivity (Wildman–Crippen MR) is 97.8 cm³/mol. The first kappa shape index (κ1) is 17.2. The van der Waals surface area contributed by atoms with Gasteiger partial charge in [-0.3, -0.25) is 4.79 Å². The maximum absolute atomic E-state index is 12.1. The van der Waals surface area contributed by atoms with Gasteiger partial charge in [-0.15, -0.1) is 0 Å². The molecule has 2 aromatic carbocycles. The summed E-state index contributed by atoms with van der Waals surface area (Å²) in [5.74, 6) is -0.517. The summed E-state index contributed by atoms with van der Waals surface area (Å²) >= 11 is 0. The molecule has 0 bridgehead atoms. The van der Waals surface area contributed by atoms with E-state index in [1.54, 1.807) is 24.3 Å². The van der Waals surface area contributed by atoms with Crippen LogP contribution in [0.1, 0.15) is 13.8 Å². The summed E-state index contributed by atoms with van der Waals surface area (Å²) in [6.07, 6.45) is 0. The molecular formula is C19H20N4O. The van der Waals surface area contributed by atoms with E-state index in [0.717, 1.165) is 18.8 Å². The minimum absolute atomic E-state index is 0.172. The van der Waals surface area contributed by atoms with E-state index in [2.05, 4.69) is 29.1 Å². The number of anilines is 2. The van der Waals surface area contributed by atoms with E-state index in [1.807, 2.05) is 36.4 Å². The number of aliphatic imine (C=N–C) groups is 1. The van der Waals surface area contributed by atoms with Gasteiger partial charge in [0.2, 0.25) is 5.71 Å². The van der Waals surface area contributed by atoms with Gasteiger partial charge in [0.1, 0.15) is 6.07 Å². The van der Waals surface area contributed by atoms with Crippen molar-refractivity contribution in [2.24, 2.45) is 4.99 Å². The van der Waals surface area contributed by atoms with E-state index in [-0.39, 0.29) is 5.71 Å². The summed E-state index contributed by atoms with van der Waals surface area (Å²) in [5, 5.41) is 11.9. The SMILES string of the molecule is CCN(CC)c1ccc(N=C(C#N)C(=O)Nc2ccccc2)cc1. The summed E-state index contributed by atoms with van der Waals surface area (Å²) < 4.78 is 0. The molecule has 0 radical (unpaired) electrons. The topological polar surface area (TPSA) is 68.5 Å². The molecule has 0 fully saturated rings. The standard InChI is InChI=1S/C19H20N4O/c1-3-23(4-2)17-12-10-16(11-13-17)21-18(14-20)19(24)22-15-8-6-5-7-9-15/h5-13H,3-4H2,1-2H3,(H,22,24). The van der Waals surface area contributed by atoms with Gasteiger partial charge in [0.05, 0.1) is 5.69 Å². The van der Waals surface area contributed by atoms with Gasteiger partial charge in [0, 0.05) is 24.5 Å². The molecule has 1 amide bonds. The number of nitrogens with one attached hydrogen (secondary N) is 1. The number of benzene rings is 2. The number of hydrogen-bond donors (Lipinski definition) is 1. The second-order valence-electron chi connectivity index (χ2n) is 5.08. The molecule has 0 atom stereocenters.